The van der Waals surface area contributed by atoms with Crippen molar-refractivity contribution in [1.29, 1.82) is 0 Å². The number of benzene rings is 11. The molecule has 320 valence electrons. The fourth-order valence-corrected chi connectivity index (χ4v) is 10.8. The van der Waals surface area contributed by atoms with Gasteiger partial charge in [-0.2, -0.15) is 0 Å². The van der Waals surface area contributed by atoms with E-state index in [1.165, 1.54) is 61.2 Å². The molecule has 0 unspecified atom stereocenters. The number of fused-ring (bicyclic) bond motifs is 3. The second kappa shape index (κ2) is 17.5. The van der Waals surface area contributed by atoms with Crippen molar-refractivity contribution in [3.8, 4) is 66.8 Å². The van der Waals surface area contributed by atoms with E-state index in [4.69, 9.17) is 0 Å². The van der Waals surface area contributed by atoms with Gasteiger partial charge in [-0.05, 0) is 102 Å². The smallest absolute Gasteiger partial charge is 0.0714 e. The van der Waals surface area contributed by atoms with E-state index >= 15 is 0 Å². The van der Waals surface area contributed by atoms with Crippen molar-refractivity contribution in [3.63, 3.8) is 0 Å². The molecule has 1 aliphatic carbocycles. The fourth-order valence-electron chi connectivity index (χ4n) is 10.8. The third kappa shape index (κ3) is 6.96. The van der Waals surface area contributed by atoms with Gasteiger partial charge in [0.25, 0.3) is 0 Å². The van der Waals surface area contributed by atoms with Gasteiger partial charge in [-0.3, -0.25) is 0 Å². The first-order chi connectivity index (χ1) is 33.8. The summed E-state index contributed by atoms with van der Waals surface area (Å²) in [5.41, 5.74) is 21.9. The van der Waals surface area contributed by atoms with Gasteiger partial charge >= 0.3 is 0 Å². The lowest BCUT2D eigenvalue weighted by molar-refractivity contribution is 0.768. The number of hydrogen-bond acceptors (Lipinski definition) is 1. The van der Waals surface area contributed by atoms with Crippen LogP contribution in [-0.4, -0.2) is 0 Å². The highest BCUT2D eigenvalue weighted by molar-refractivity contribution is 6.03. The maximum atomic E-state index is 2.54. The van der Waals surface area contributed by atoms with E-state index in [2.05, 4.69) is 290 Å². The standard InChI is InChI=1S/C67H47N/c1-6-23-48(24-7-1)49-41-43-52(44-42-49)57-34-19-21-39-64(57)68(65-40-22-37-58(51-27-10-3-11-28-51)66(65)61-36-17-16-33-56(61)50-25-8-2-9-26-50)55-45-46-60-59-35-18-20-38-62(59)67(63(60)47-55,53-29-12-4-13-30-53)54-31-14-5-15-32-54/h1-47H. The molecule has 0 radical (unpaired) electrons. The Labute approximate surface area is 399 Å². The molecule has 12 rings (SSSR count). The Morgan fingerprint density at radius 3 is 1.28 bits per heavy atom. The highest BCUT2D eigenvalue weighted by Gasteiger charge is 2.46. The first kappa shape index (κ1) is 40.7. The molecule has 11 aromatic rings. The maximum absolute atomic E-state index is 2.54. The second-order valence-corrected chi connectivity index (χ2v) is 17.5. The average molecular weight is 866 g/mol. The minimum Gasteiger partial charge on any atom is -0.309 e. The van der Waals surface area contributed by atoms with E-state index in [1.807, 2.05) is 0 Å². The third-order valence-electron chi connectivity index (χ3n) is 13.8. The molecule has 0 heterocycles. The summed E-state index contributed by atoms with van der Waals surface area (Å²) in [6, 6.07) is 104. The van der Waals surface area contributed by atoms with Crippen molar-refractivity contribution in [2.24, 2.45) is 0 Å². The summed E-state index contributed by atoms with van der Waals surface area (Å²) in [6.45, 7) is 0. The van der Waals surface area contributed by atoms with E-state index in [0.29, 0.717) is 0 Å². The molecule has 0 N–H and O–H groups in total. The van der Waals surface area contributed by atoms with E-state index in [9.17, 15) is 0 Å². The van der Waals surface area contributed by atoms with Crippen LogP contribution in [0.2, 0.25) is 0 Å². The summed E-state index contributed by atoms with van der Waals surface area (Å²) in [5, 5.41) is 0. The van der Waals surface area contributed by atoms with Gasteiger partial charge in [-0.1, -0.05) is 261 Å². The van der Waals surface area contributed by atoms with Gasteiger partial charge in [0.15, 0.2) is 0 Å². The average Bonchev–Trinajstić information content (AvgIpc) is 3.73. The molecule has 0 atom stereocenters. The van der Waals surface area contributed by atoms with E-state index in [0.717, 1.165) is 44.9 Å². The van der Waals surface area contributed by atoms with Crippen LogP contribution in [0, 0.1) is 0 Å². The molecular formula is C67H47N. The summed E-state index contributed by atoms with van der Waals surface area (Å²) in [5.74, 6) is 0. The second-order valence-electron chi connectivity index (χ2n) is 17.5. The molecule has 0 amide bonds. The minimum atomic E-state index is -0.572. The SMILES string of the molecule is c1ccc(-c2ccc(-c3ccccc3N(c3ccc4c(c3)C(c3ccccc3)(c3ccccc3)c3ccccc3-4)c3cccc(-c4ccccc4)c3-c3ccccc3-c3ccccc3)cc2)cc1. The van der Waals surface area contributed by atoms with E-state index in [-0.39, 0.29) is 0 Å². The zero-order valence-corrected chi connectivity index (χ0v) is 37.6. The Morgan fingerprint density at radius 1 is 0.235 bits per heavy atom. The molecule has 68 heavy (non-hydrogen) atoms. The first-order valence-corrected chi connectivity index (χ1v) is 23.5. The van der Waals surface area contributed by atoms with Crippen LogP contribution < -0.4 is 4.90 Å². The number of anilines is 3. The number of rotatable bonds is 10. The molecule has 0 bridgehead atoms. The Hall–Kier alpha value is -8.78. The zero-order chi connectivity index (χ0) is 45.3. The molecule has 0 saturated heterocycles. The highest BCUT2D eigenvalue weighted by atomic mass is 15.1. The summed E-state index contributed by atoms with van der Waals surface area (Å²) in [7, 11) is 0. The molecular weight excluding hydrogens is 819 g/mol. The van der Waals surface area contributed by atoms with Crippen molar-refractivity contribution in [2.45, 2.75) is 5.41 Å². The molecule has 11 aromatic carbocycles. The molecule has 1 heteroatoms. The van der Waals surface area contributed by atoms with Crippen molar-refractivity contribution in [1.82, 2.24) is 0 Å². The van der Waals surface area contributed by atoms with Crippen LogP contribution in [0.4, 0.5) is 17.1 Å². The van der Waals surface area contributed by atoms with E-state index < -0.39 is 5.41 Å². The van der Waals surface area contributed by atoms with Gasteiger partial charge in [0.05, 0.1) is 16.8 Å². The predicted octanol–water partition coefficient (Wildman–Crippen LogP) is 17.9. The zero-order valence-electron chi connectivity index (χ0n) is 37.6. The lowest BCUT2D eigenvalue weighted by atomic mass is 9.67. The maximum Gasteiger partial charge on any atom is 0.0714 e. The topological polar surface area (TPSA) is 3.24 Å². The van der Waals surface area contributed by atoms with Gasteiger partial charge in [-0.15, -0.1) is 0 Å². The van der Waals surface area contributed by atoms with Crippen LogP contribution in [0.3, 0.4) is 0 Å². The Bertz CT molecular complexity index is 3490. The normalized spacial score (nSPS) is 12.2. The summed E-state index contributed by atoms with van der Waals surface area (Å²) in [4.78, 5) is 2.54. The fraction of sp³-hybridized carbons (Fsp3) is 0.0149. The molecule has 0 aromatic heterocycles. The molecule has 0 saturated carbocycles. The Balaban J connectivity index is 1.17. The molecule has 0 aliphatic heterocycles. The van der Waals surface area contributed by atoms with Gasteiger partial charge in [0.2, 0.25) is 0 Å². The van der Waals surface area contributed by atoms with Crippen LogP contribution in [-0.2, 0) is 5.41 Å². The molecule has 1 aliphatic rings. The predicted molar refractivity (Wildman–Crippen MR) is 286 cm³/mol. The van der Waals surface area contributed by atoms with Crippen molar-refractivity contribution < 1.29 is 0 Å². The highest BCUT2D eigenvalue weighted by Crippen LogP contribution is 2.58. The third-order valence-corrected chi connectivity index (χ3v) is 13.8. The van der Waals surface area contributed by atoms with Gasteiger partial charge in [0.1, 0.15) is 0 Å². The summed E-state index contributed by atoms with van der Waals surface area (Å²) in [6.07, 6.45) is 0. The van der Waals surface area contributed by atoms with Gasteiger partial charge in [0, 0.05) is 16.8 Å². The minimum absolute atomic E-state index is 0.572. The van der Waals surface area contributed by atoms with Crippen molar-refractivity contribution in [2.75, 3.05) is 4.90 Å². The Kier molecular flexibility index (Phi) is 10.5. The van der Waals surface area contributed by atoms with E-state index in [1.54, 1.807) is 0 Å². The summed E-state index contributed by atoms with van der Waals surface area (Å²) >= 11 is 0. The molecule has 0 spiro atoms. The number of nitrogens with zero attached hydrogens (tertiary/aromatic N) is 1. The summed E-state index contributed by atoms with van der Waals surface area (Å²) < 4.78 is 0. The van der Waals surface area contributed by atoms with Crippen LogP contribution in [0.15, 0.2) is 285 Å². The molecule has 0 fully saturated rings. The monoisotopic (exact) mass is 865 g/mol. The van der Waals surface area contributed by atoms with Gasteiger partial charge in [-0.25, -0.2) is 0 Å². The lowest BCUT2D eigenvalue weighted by Gasteiger charge is -2.35. The van der Waals surface area contributed by atoms with Gasteiger partial charge < -0.3 is 4.90 Å². The number of para-hydroxylation sites is 1. The largest absolute Gasteiger partial charge is 0.309 e. The quantitative estimate of drug-likeness (QED) is 0.132. The van der Waals surface area contributed by atoms with Crippen molar-refractivity contribution in [3.05, 3.63) is 307 Å². The molecule has 1 nitrogen and oxygen atoms in total. The first-order valence-electron chi connectivity index (χ1n) is 23.5. The van der Waals surface area contributed by atoms with Crippen LogP contribution in [0.1, 0.15) is 22.3 Å². The van der Waals surface area contributed by atoms with Crippen LogP contribution in [0.5, 0.6) is 0 Å². The number of hydrogen-bond donors (Lipinski definition) is 0. The van der Waals surface area contributed by atoms with Crippen LogP contribution >= 0.6 is 0 Å². The van der Waals surface area contributed by atoms with Crippen LogP contribution in [0.25, 0.3) is 66.8 Å². The Morgan fingerprint density at radius 2 is 0.647 bits per heavy atom. The van der Waals surface area contributed by atoms with Crippen molar-refractivity contribution >= 4 is 17.1 Å². The lowest BCUT2D eigenvalue weighted by Crippen LogP contribution is -2.28.